The molecule has 2 aromatic carbocycles. The van der Waals surface area contributed by atoms with E-state index in [2.05, 4.69) is 10.4 Å². The number of nitrogens with one attached hydrogen (secondary N) is 1. The Hall–Kier alpha value is -3.95. The number of rotatable bonds is 6. The molecule has 1 aliphatic rings. The minimum atomic E-state index is -0.754. The summed E-state index contributed by atoms with van der Waals surface area (Å²) in [7, 11) is 1.56. The number of ether oxygens (including phenoxy) is 2. The topological polar surface area (TPSA) is 85.7 Å². The third-order valence-corrected chi connectivity index (χ3v) is 5.28. The number of amides is 2. The standard InChI is InChI=1S/C23H22F2N4O4/c1-32-17-6-4-16(5-7-17)27-23(31)18-12-26-29-10-2-9-28(13-20(18)29)22(30)14-33-21-11-15(24)3-8-19(21)25/h3-8,11-12H,2,9-10,13-14H2,1H3,(H,27,31). The van der Waals surface area contributed by atoms with Crippen LogP contribution in [0.5, 0.6) is 11.5 Å². The normalized spacial score (nSPS) is 13.1. The van der Waals surface area contributed by atoms with Gasteiger partial charge in [-0.1, -0.05) is 0 Å². The van der Waals surface area contributed by atoms with Crippen LogP contribution in [0.2, 0.25) is 0 Å². The Morgan fingerprint density at radius 2 is 1.91 bits per heavy atom. The van der Waals surface area contributed by atoms with Crippen LogP contribution in [0.15, 0.2) is 48.7 Å². The van der Waals surface area contributed by atoms with Crippen LogP contribution in [0.25, 0.3) is 0 Å². The molecule has 3 aromatic rings. The van der Waals surface area contributed by atoms with E-state index in [-0.39, 0.29) is 18.2 Å². The Labute approximate surface area is 188 Å². The Balaban J connectivity index is 1.45. The summed E-state index contributed by atoms with van der Waals surface area (Å²) in [5.41, 5.74) is 1.53. The number of aryl methyl sites for hydroxylation is 1. The first-order chi connectivity index (χ1) is 15.9. The molecule has 0 saturated carbocycles. The Morgan fingerprint density at radius 3 is 2.67 bits per heavy atom. The summed E-state index contributed by atoms with van der Waals surface area (Å²) >= 11 is 0. The molecular weight excluding hydrogens is 434 g/mol. The number of hydrogen-bond donors (Lipinski definition) is 1. The van der Waals surface area contributed by atoms with Gasteiger partial charge in [0.1, 0.15) is 11.6 Å². The molecule has 1 N–H and O–H groups in total. The Kier molecular flexibility index (Phi) is 6.53. The van der Waals surface area contributed by atoms with Gasteiger partial charge in [-0.25, -0.2) is 8.78 Å². The van der Waals surface area contributed by atoms with Crippen molar-refractivity contribution in [3.63, 3.8) is 0 Å². The number of anilines is 1. The van der Waals surface area contributed by atoms with Crippen molar-refractivity contribution in [3.8, 4) is 11.5 Å². The quantitative estimate of drug-likeness (QED) is 0.616. The molecule has 2 amide bonds. The molecule has 0 saturated heterocycles. The summed E-state index contributed by atoms with van der Waals surface area (Å²) in [4.78, 5) is 27.1. The fourth-order valence-electron chi connectivity index (χ4n) is 3.54. The molecule has 0 radical (unpaired) electrons. The highest BCUT2D eigenvalue weighted by Crippen LogP contribution is 2.21. The maximum absolute atomic E-state index is 13.8. The Bertz CT molecular complexity index is 1160. The predicted octanol–water partition coefficient (Wildman–Crippen LogP) is 3.23. The molecule has 4 rings (SSSR count). The van der Waals surface area contributed by atoms with Crippen molar-refractivity contribution in [3.05, 3.63) is 71.6 Å². The maximum Gasteiger partial charge on any atom is 0.260 e. The van der Waals surface area contributed by atoms with Crippen LogP contribution in [-0.4, -0.2) is 46.8 Å². The summed E-state index contributed by atoms with van der Waals surface area (Å²) in [6.45, 7) is 0.631. The zero-order chi connectivity index (χ0) is 23.4. The van der Waals surface area contributed by atoms with Crippen LogP contribution in [0.4, 0.5) is 14.5 Å². The highest BCUT2D eigenvalue weighted by Gasteiger charge is 2.25. The predicted molar refractivity (Wildman–Crippen MR) is 115 cm³/mol. The molecule has 1 aromatic heterocycles. The first-order valence-corrected chi connectivity index (χ1v) is 10.3. The molecule has 2 heterocycles. The number of methoxy groups -OCH3 is 1. The minimum absolute atomic E-state index is 0.138. The smallest absolute Gasteiger partial charge is 0.260 e. The molecule has 172 valence electrons. The lowest BCUT2D eigenvalue weighted by atomic mass is 10.2. The number of aromatic nitrogens is 2. The van der Waals surface area contributed by atoms with Crippen LogP contribution in [0, 0.1) is 11.6 Å². The van der Waals surface area contributed by atoms with Crippen LogP contribution in [0.1, 0.15) is 22.5 Å². The van der Waals surface area contributed by atoms with Crippen molar-refractivity contribution in [1.29, 1.82) is 0 Å². The van der Waals surface area contributed by atoms with Gasteiger partial charge in [0.25, 0.3) is 11.8 Å². The van der Waals surface area contributed by atoms with Gasteiger partial charge in [0, 0.05) is 24.8 Å². The van der Waals surface area contributed by atoms with E-state index in [4.69, 9.17) is 9.47 Å². The average molecular weight is 456 g/mol. The first kappa shape index (κ1) is 22.3. The summed E-state index contributed by atoms with van der Waals surface area (Å²) in [5, 5.41) is 7.11. The van der Waals surface area contributed by atoms with Crippen molar-refractivity contribution in [2.45, 2.75) is 19.5 Å². The average Bonchev–Trinajstić information content (AvgIpc) is 3.09. The molecule has 1 aliphatic heterocycles. The van der Waals surface area contributed by atoms with E-state index in [9.17, 15) is 18.4 Å². The van der Waals surface area contributed by atoms with E-state index in [1.165, 1.54) is 11.1 Å². The van der Waals surface area contributed by atoms with E-state index in [1.807, 2.05) is 0 Å². The van der Waals surface area contributed by atoms with Gasteiger partial charge in [-0.05, 0) is 42.8 Å². The summed E-state index contributed by atoms with van der Waals surface area (Å²) < 4.78 is 39.1. The summed E-state index contributed by atoms with van der Waals surface area (Å²) in [6, 6.07) is 9.70. The molecular formula is C23H22F2N4O4. The van der Waals surface area contributed by atoms with Crippen LogP contribution < -0.4 is 14.8 Å². The van der Waals surface area contributed by atoms with Crippen molar-refractivity contribution >= 4 is 17.5 Å². The highest BCUT2D eigenvalue weighted by molar-refractivity contribution is 6.05. The fraction of sp³-hybridized carbons (Fsp3) is 0.261. The second kappa shape index (κ2) is 9.68. The summed E-state index contributed by atoms with van der Waals surface area (Å²) in [6.07, 6.45) is 2.09. The SMILES string of the molecule is COc1ccc(NC(=O)c2cnn3c2CN(C(=O)COc2cc(F)ccc2F)CCC3)cc1. The Morgan fingerprint density at radius 1 is 1.12 bits per heavy atom. The van der Waals surface area contributed by atoms with Crippen molar-refractivity contribution < 1.29 is 27.8 Å². The zero-order valence-electron chi connectivity index (χ0n) is 17.9. The third-order valence-electron chi connectivity index (χ3n) is 5.28. The molecule has 8 nitrogen and oxygen atoms in total. The zero-order valence-corrected chi connectivity index (χ0v) is 17.9. The lowest BCUT2D eigenvalue weighted by Crippen LogP contribution is -2.35. The minimum Gasteiger partial charge on any atom is -0.497 e. The van der Waals surface area contributed by atoms with E-state index in [0.29, 0.717) is 42.2 Å². The van der Waals surface area contributed by atoms with Gasteiger partial charge in [0.2, 0.25) is 0 Å². The van der Waals surface area contributed by atoms with Crippen LogP contribution in [-0.2, 0) is 17.9 Å². The summed E-state index contributed by atoms with van der Waals surface area (Å²) in [5.74, 6) is -1.84. The van der Waals surface area contributed by atoms with E-state index < -0.39 is 24.1 Å². The number of nitrogens with zero attached hydrogens (tertiary/aromatic N) is 3. The number of hydrogen-bond acceptors (Lipinski definition) is 5. The molecule has 0 unspecified atom stereocenters. The molecule has 0 bridgehead atoms. The first-order valence-electron chi connectivity index (χ1n) is 10.3. The van der Waals surface area contributed by atoms with Crippen molar-refractivity contribution in [1.82, 2.24) is 14.7 Å². The second-order valence-electron chi connectivity index (χ2n) is 7.44. The van der Waals surface area contributed by atoms with Crippen molar-refractivity contribution in [2.75, 3.05) is 25.6 Å². The van der Waals surface area contributed by atoms with Gasteiger partial charge in [-0.3, -0.25) is 14.3 Å². The maximum atomic E-state index is 13.8. The van der Waals surface area contributed by atoms with Gasteiger partial charge in [-0.15, -0.1) is 0 Å². The number of carbonyl (C=O) groups is 2. The van der Waals surface area contributed by atoms with E-state index in [1.54, 1.807) is 36.1 Å². The van der Waals surface area contributed by atoms with Gasteiger partial charge in [-0.2, -0.15) is 5.10 Å². The van der Waals surface area contributed by atoms with Gasteiger partial charge >= 0.3 is 0 Å². The molecule has 0 atom stereocenters. The molecule has 0 spiro atoms. The number of halogens is 2. The lowest BCUT2D eigenvalue weighted by Gasteiger charge is -2.21. The molecule has 10 heteroatoms. The van der Waals surface area contributed by atoms with Gasteiger partial charge in [0.15, 0.2) is 18.2 Å². The monoisotopic (exact) mass is 456 g/mol. The van der Waals surface area contributed by atoms with Crippen molar-refractivity contribution in [2.24, 2.45) is 0 Å². The number of benzene rings is 2. The van der Waals surface area contributed by atoms with Gasteiger partial charge in [0.05, 0.1) is 31.1 Å². The van der Waals surface area contributed by atoms with Crippen LogP contribution in [0.3, 0.4) is 0 Å². The second-order valence-corrected chi connectivity index (χ2v) is 7.44. The molecule has 0 fully saturated rings. The van der Waals surface area contributed by atoms with E-state index >= 15 is 0 Å². The molecule has 0 aliphatic carbocycles. The van der Waals surface area contributed by atoms with Gasteiger partial charge < -0.3 is 19.7 Å². The van der Waals surface area contributed by atoms with Crippen LogP contribution >= 0.6 is 0 Å². The third kappa shape index (κ3) is 5.11. The van der Waals surface area contributed by atoms with E-state index in [0.717, 1.165) is 18.2 Å². The fourth-order valence-corrected chi connectivity index (χ4v) is 3.54. The largest absolute Gasteiger partial charge is 0.497 e. The number of fused-ring (bicyclic) bond motifs is 1. The number of carbonyl (C=O) groups excluding carboxylic acids is 2. The molecule has 33 heavy (non-hydrogen) atoms. The highest BCUT2D eigenvalue weighted by atomic mass is 19.1. The lowest BCUT2D eigenvalue weighted by molar-refractivity contribution is -0.134.